The molecule has 1 saturated heterocycles. The number of nitrogens with zero attached hydrogens (tertiary/aromatic N) is 7. The minimum absolute atomic E-state index is 0.0665. The highest BCUT2D eigenvalue weighted by atomic mass is 19.1. The fourth-order valence-corrected chi connectivity index (χ4v) is 5.95. The second-order valence-corrected chi connectivity index (χ2v) is 12.3. The topological polar surface area (TPSA) is 106 Å². The van der Waals surface area contributed by atoms with Crippen molar-refractivity contribution in [3.05, 3.63) is 64.5 Å². The Hall–Kier alpha value is -4.81. The summed E-state index contributed by atoms with van der Waals surface area (Å²) in [6.45, 7) is 10.2. The quantitative estimate of drug-likeness (QED) is 0.287. The van der Waals surface area contributed by atoms with Crippen molar-refractivity contribution in [3.8, 4) is 5.69 Å². The smallest absolute Gasteiger partial charge is 0.410 e. The van der Waals surface area contributed by atoms with Crippen molar-refractivity contribution in [2.24, 2.45) is 7.05 Å². The summed E-state index contributed by atoms with van der Waals surface area (Å²) in [5, 5.41) is 9.10. The first-order chi connectivity index (χ1) is 20.7. The number of rotatable bonds is 3. The molecule has 2 aliphatic heterocycles. The maximum absolute atomic E-state index is 15.7. The molecule has 0 saturated carbocycles. The minimum Gasteiger partial charge on any atom is -0.444 e. The van der Waals surface area contributed by atoms with E-state index in [0.717, 1.165) is 9.80 Å². The van der Waals surface area contributed by atoms with Crippen LogP contribution in [0.3, 0.4) is 0 Å². The Kier molecular flexibility index (Phi) is 6.74. The van der Waals surface area contributed by atoms with Crippen molar-refractivity contribution in [1.29, 1.82) is 0 Å². The number of carbonyl (C=O) groups excluding carboxylic acids is 3. The van der Waals surface area contributed by atoms with E-state index in [2.05, 4.69) is 5.10 Å². The average Bonchev–Trinajstić information content (AvgIpc) is 3.59. The summed E-state index contributed by atoms with van der Waals surface area (Å²) in [6.07, 6.45) is 1.14. The van der Waals surface area contributed by atoms with Crippen molar-refractivity contribution in [2.75, 3.05) is 22.9 Å². The second kappa shape index (κ2) is 10.1. The largest absolute Gasteiger partial charge is 0.444 e. The molecular weight excluding hydrogens is 572 g/mol. The SMILES string of the molecule is Cc1cc(-n2nc3c(c2N2C(=O)CN(c4ccc5c(cnn5C)c4F)C2=O)[C@H](C)N(C(=O)OC(C)(C)C)CC3)cc(C)c1F. The number of hydrogen-bond acceptors (Lipinski definition) is 6. The zero-order chi connectivity index (χ0) is 31.8. The lowest BCUT2D eigenvalue weighted by Crippen LogP contribution is -2.43. The molecule has 2 aromatic heterocycles. The van der Waals surface area contributed by atoms with Crippen molar-refractivity contribution in [1.82, 2.24) is 24.5 Å². The van der Waals surface area contributed by atoms with Crippen LogP contribution in [0, 0.1) is 25.5 Å². The summed E-state index contributed by atoms with van der Waals surface area (Å²) in [4.78, 5) is 44.6. The van der Waals surface area contributed by atoms with Gasteiger partial charge in [0.15, 0.2) is 11.6 Å². The summed E-state index contributed by atoms with van der Waals surface area (Å²) in [7, 11) is 1.68. The van der Waals surface area contributed by atoms with Gasteiger partial charge in [0.1, 0.15) is 18.0 Å². The number of urea groups is 1. The molecule has 2 aliphatic rings. The summed E-state index contributed by atoms with van der Waals surface area (Å²) in [6, 6.07) is 4.83. The Morgan fingerprint density at radius 1 is 1.07 bits per heavy atom. The minimum atomic E-state index is -0.779. The molecule has 6 rings (SSSR count). The lowest BCUT2D eigenvalue weighted by atomic mass is 9.99. The molecule has 0 N–H and O–H groups in total. The van der Waals surface area contributed by atoms with Crippen molar-refractivity contribution in [2.45, 2.75) is 59.6 Å². The molecule has 4 aromatic rings. The van der Waals surface area contributed by atoms with Gasteiger partial charge in [0, 0.05) is 25.6 Å². The van der Waals surface area contributed by atoms with Gasteiger partial charge in [-0.3, -0.25) is 14.4 Å². The summed E-state index contributed by atoms with van der Waals surface area (Å²) >= 11 is 0. The summed E-state index contributed by atoms with van der Waals surface area (Å²) in [5.74, 6) is -1.55. The number of halogens is 2. The van der Waals surface area contributed by atoms with Crippen molar-refractivity contribution < 1.29 is 27.9 Å². The Labute approximate surface area is 252 Å². The van der Waals surface area contributed by atoms with Gasteiger partial charge in [-0.1, -0.05) is 0 Å². The molecule has 11 nitrogen and oxygen atoms in total. The van der Waals surface area contributed by atoms with Gasteiger partial charge in [0.2, 0.25) is 0 Å². The average molecular weight is 606 g/mol. The normalized spacial score (nSPS) is 17.2. The third-order valence-corrected chi connectivity index (χ3v) is 8.05. The molecule has 0 radical (unpaired) electrons. The van der Waals surface area contributed by atoms with Crippen LogP contribution in [0.25, 0.3) is 16.6 Å². The third kappa shape index (κ3) is 4.57. The van der Waals surface area contributed by atoms with E-state index in [1.54, 1.807) is 66.8 Å². The van der Waals surface area contributed by atoms with Gasteiger partial charge in [0.05, 0.1) is 40.2 Å². The fraction of sp³-hybridized carbons (Fsp3) is 0.387. The lowest BCUT2D eigenvalue weighted by molar-refractivity contribution is -0.115. The number of aromatic nitrogens is 4. The second-order valence-electron chi connectivity index (χ2n) is 12.3. The van der Waals surface area contributed by atoms with E-state index in [0.29, 0.717) is 46.6 Å². The van der Waals surface area contributed by atoms with E-state index < -0.39 is 42.0 Å². The predicted octanol–water partition coefficient (Wildman–Crippen LogP) is 5.48. The molecule has 230 valence electrons. The van der Waals surface area contributed by atoms with Crippen molar-refractivity contribution in [3.63, 3.8) is 0 Å². The summed E-state index contributed by atoms with van der Waals surface area (Å²) < 4.78 is 39.0. The molecule has 13 heteroatoms. The number of anilines is 2. The fourth-order valence-electron chi connectivity index (χ4n) is 5.95. The Bertz CT molecular complexity index is 1850. The van der Waals surface area contributed by atoms with Crippen LogP contribution in [0.2, 0.25) is 0 Å². The van der Waals surface area contributed by atoms with E-state index in [9.17, 15) is 18.8 Å². The first-order valence-corrected chi connectivity index (χ1v) is 14.3. The van der Waals surface area contributed by atoms with Crippen LogP contribution in [0.5, 0.6) is 0 Å². The number of aryl methyl sites for hydroxylation is 3. The van der Waals surface area contributed by atoms with Crippen LogP contribution in [0.4, 0.5) is 29.9 Å². The molecule has 0 spiro atoms. The Morgan fingerprint density at radius 3 is 2.41 bits per heavy atom. The van der Waals surface area contributed by atoms with Gasteiger partial charge in [-0.05, 0) is 76.9 Å². The highest BCUT2D eigenvalue weighted by Crippen LogP contribution is 2.41. The van der Waals surface area contributed by atoms with Crippen LogP contribution in [0.1, 0.15) is 56.1 Å². The number of imide groups is 1. The van der Waals surface area contributed by atoms with Gasteiger partial charge in [-0.15, -0.1) is 0 Å². The predicted molar refractivity (Wildman–Crippen MR) is 159 cm³/mol. The van der Waals surface area contributed by atoms with Crippen LogP contribution in [-0.2, 0) is 23.0 Å². The van der Waals surface area contributed by atoms with Gasteiger partial charge in [-0.25, -0.2) is 28.0 Å². The summed E-state index contributed by atoms with van der Waals surface area (Å²) in [5.41, 5.74) is 1.93. The van der Waals surface area contributed by atoms with E-state index in [-0.39, 0.29) is 22.7 Å². The van der Waals surface area contributed by atoms with Gasteiger partial charge < -0.3 is 9.64 Å². The number of benzene rings is 2. The molecule has 1 fully saturated rings. The molecule has 4 amide bonds. The number of ether oxygens (including phenoxy) is 1. The van der Waals surface area contributed by atoms with E-state index >= 15 is 4.39 Å². The standard InChI is InChI=1S/C31H33F2N7O4/c1-16-12-19(13-17(2)26(16)32)40-28(25-18(3)37(11-10-21(25)35-40)30(43)44-31(4,5)6)39-24(41)15-38(29(39)42)23-9-8-22-20(27(23)33)14-34-36(22)7/h8-9,12-14,18H,10-11,15H2,1-7H3/t18-/m0/s1. The maximum atomic E-state index is 15.7. The molecule has 0 bridgehead atoms. The van der Waals surface area contributed by atoms with Crippen molar-refractivity contribution >= 4 is 40.4 Å². The Balaban J connectivity index is 1.50. The molecule has 0 unspecified atom stereocenters. The zero-order valence-electron chi connectivity index (χ0n) is 25.6. The maximum Gasteiger partial charge on any atom is 0.410 e. The number of amides is 4. The highest BCUT2D eigenvalue weighted by Gasteiger charge is 2.46. The number of carbonyl (C=O) groups is 3. The zero-order valence-corrected chi connectivity index (χ0v) is 25.6. The molecule has 2 aromatic carbocycles. The van der Waals surface area contributed by atoms with Crippen LogP contribution < -0.4 is 9.80 Å². The monoisotopic (exact) mass is 605 g/mol. The third-order valence-electron chi connectivity index (χ3n) is 8.05. The first kappa shape index (κ1) is 29.3. The molecule has 44 heavy (non-hydrogen) atoms. The van der Waals surface area contributed by atoms with Gasteiger partial charge in [0.25, 0.3) is 5.91 Å². The highest BCUT2D eigenvalue weighted by molar-refractivity contribution is 6.27. The molecular formula is C31H33F2N7O4. The molecule has 0 aliphatic carbocycles. The Morgan fingerprint density at radius 2 is 1.75 bits per heavy atom. The number of hydrogen-bond donors (Lipinski definition) is 0. The van der Waals surface area contributed by atoms with Crippen LogP contribution >= 0.6 is 0 Å². The van der Waals surface area contributed by atoms with Gasteiger partial charge >= 0.3 is 12.1 Å². The molecule has 4 heterocycles. The van der Waals surface area contributed by atoms with E-state index in [1.807, 2.05) is 0 Å². The first-order valence-electron chi connectivity index (χ1n) is 14.3. The lowest BCUT2D eigenvalue weighted by Gasteiger charge is -2.35. The van der Waals surface area contributed by atoms with Gasteiger partial charge in [-0.2, -0.15) is 10.2 Å². The van der Waals surface area contributed by atoms with Crippen LogP contribution in [0.15, 0.2) is 30.5 Å². The molecule has 1 atom stereocenters. The van der Waals surface area contributed by atoms with E-state index in [1.165, 1.54) is 26.5 Å². The van der Waals surface area contributed by atoms with Crippen LogP contribution in [-0.4, -0.2) is 61.2 Å². The van der Waals surface area contributed by atoms with E-state index in [4.69, 9.17) is 9.84 Å². The number of fused-ring (bicyclic) bond motifs is 2.